The van der Waals surface area contributed by atoms with Gasteiger partial charge >= 0.3 is 0 Å². The number of hydrogen-bond acceptors (Lipinski definition) is 4. The van der Waals surface area contributed by atoms with Gasteiger partial charge in [-0.2, -0.15) is 0 Å². The normalized spacial score (nSPS) is 16.2. The minimum atomic E-state index is -0.0334. The van der Waals surface area contributed by atoms with Crippen LogP contribution in [0.3, 0.4) is 0 Å². The van der Waals surface area contributed by atoms with E-state index in [4.69, 9.17) is 9.40 Å². The smallest absolute Gasteiger partial charge is 0.223 e. The number of hydrogen-bond donors (Lipinski definition) is 0. The van der Waals surface area contributed by atoms with E-state index in [-0.39, 0.29) is 11.9 Å². The Labute approximate surface area is 185 Å². The fraction of sp³-hybridized carbons (Fsp3) is 0.462. The fourth-order valence-electron chi connectivity index (χ4n) is 4.39. The number of aromatic nitrogens is 1. The molecule has 2 heterocycles. The number of carbonyl (C=O) groups excluding carboxylic acids is 1. The molecule has 1 aliphatic rings. The van der Waals surface area contributed by atoms with Crippen LogP contribution >= 0.6 is 0 Å². The summed E-state index contributed by atoms with van der Waals surface area (Å²) in [6.07, 6.45) is 7.04. The fourth-order valence-corrected chi connectivity index (χ4v) is 4.39. The van der Waals surface area contributed by atoms with Gasteiger partial charge in [-0.05, 0) is 54.7 Å². The van der Waals surface area contributed by atoms with E-state index in [2.05, 4.69) is 48.2 Å². The SMILES string of the molecule is CCCCCCC(=O)N1CCC[C@H]1c1nc2cc(-c3ccc(N(C)C)cc3)ccc2o1. The zero-order valence-corrected chi connectivity index (χ0v) is 18.9. The summed E-state index contributed by atoms with van der Waals surface area (Å²) in [6.45, 7) is 3.00. The second-order valence-electron chi connectivity index (χ2n) is 8.73. The van der Waals surface area contributed by atoms with Crippen molar-refractivity contribution >= 4 is 22.7 Å². The molecule has 0 radical (unpaired) electrons. The van der Waals surface area contributed by atoms with E-state index in [0.29, 0.717) is 12.3 Å². The summed E-state index contributed by atoms with van der Waals surface area (Å²) in [5.41, 5.74) is 5.08. The van der Waals surface area contributed by atoms with Crippen molar-refractivity contribution in [3.63, 3.8) is 0 Å². The van der Waals surface area contributed by atoms with Gasteiger partial charge in [0.05, 0.1) is 0 Å². The Bertz CT molecular complexity index is 1020. The maximum atomic E-state index is 12.8. The Morgan fingerprint density at radius 2 is 1.87 bits per heavy atom. The van der Waals surface area contributed by atoms with Crippen LogP contribution in [-0.2, 0) is 4.79 Å². The van der Waals surface area contributed by atoms with Gasteiger partial charge in [0.2, 0.25) is 11.8 Å². The minimum absolute atomic E-state index is 0.0334. The molecule has 0 aliphatic carbocycles. The van der Waals surface area contributed by atoms with Gasteiger partial charge in [-0.1, -0.05) is 44.4 Å². The number of nitrogens with zero attached hydrogens (tertiary/aromatic N) is 3. The van der Waals surface area contributed by atoms with E-state index in [1.165, 1.54) is 18.5 Å². The molecular formula is C26H33N3O2. The molecule has 1 aliphatic heterocycles. The van der Waals surface area contributed by atoms with Crippen molar-refractivity contribution in [1.29, 1.82) is 0 Å². The van der Waals surface area contributed by atoms with Crippen LogP contribution < -0.4 is 4.90 Å². The molecule has 1 fully saturated rings. The van der Waals surface area contributed by atoms with Crippen LogP contribution in [0, 0.1) is 0 Å². The first-order valence-corrected chi connectivity index (χ1v) is 11.5. The van der Waals surface area contributed by atoms with Crippen molar-refractivity contribution in [2.24, 2.45) is 0 Å². The maximum absolute atomic E-state index is 12.8. The van der Waals surface area contributed by atoms with E-state index in [0.717, 1.165) is 54.5 Å². The molecule has 0 spiro atoms. The number of likely N-dealkylation sites (tertiary alicyclic amines) is 1. The predicted octanol–water partition coefficient (Wildman–Crippen LogP) is 6.19. The topological polar surface area (TPSA) is 49.6 Å². The van der Waals surface area contributed by atoms with Gasteiger partial charge in [0.1, 0.15) is 11.6 Å². The maximum Gasteiger partial charge on any atom is 0.223 e. The second kappa shape index (κ2) is 9.54. The molecule has 0 unspecified atom stereocenters. The van der Waals surface area contributed by atoms with Gasteiger partial charge in [-0.3, -0.25) is 4.79 Å². The number of fused-ring (bicyclic) bond motifs is 1. The molecule has 31 heavy (non-hydrogen) atoms. The summed E-state index contributed by atoms with van der Waals surface area (Å²) in [5.74, 6) is 0.914. The first-order valence-electron chi connectivity index (χ1n) is 11.5. The van der Waals surface area contributed by atoms with Crippen molar-refractivity contribution in [3.05, 3.63) is 48.4 Å². The van der Waals surface area contributed by atoms with Gasteiger partial charge in [0.25, 0.3) is 0 Å². The molecule has 1 aromatic heterocycles. The Balaban J connectivity index is 1.51. The Morgan fingerprint density at radius 1 is 1.10 bits per heavy atom. The van der Waals surface area contributed by atoms with Gasteiger partial charge in [0, 0.05) is 32.7 Å². The first-order chi connectivity index (χ1) is 15.1. The molecule has 0 bridgehead atoms. The molecule has 0 N–H and O–H groups in total. The third-order valence-corrected chi connectivity index (χ3v) is 6.22. The average Bonchev–Trinajstić information content (AvgIpc) is 3.43. The van der Waals surface area contributed by atoms with E-state index in [1.807, 2.05) is 25.1 Å². The lowest BCUT2D eigenvalue weighted by atomic mass is 10.0. The molecule has 5 nitrogen and oxygen atoms in total. The summed E-state index contributed by atoms with van der Waals surface area (Å²) in [7, 11) is 4.08. The van der Waals surface area contributed by atoms with Crippen LogP contribution in [0.5, 0.6) is 0 Å². The summed E-state index contributed by atoms with van der Waals surface area (Å²) in [5, 5.41) is 0. The van der Waals surface area contributed by atoms with Crippen molar-refractivity contribution in [1.82, 2.24) is 9.88 Å². The van der Waals surface area contributed by atoms with Crippen molar-refractivity contribution in [2.75, 3.05) is 25.5 Å². The average molecular weight is 420 g/mol. The van der Waals surface area contributed by atoms with Gasteiger partial charge in [-0.15, -0.1) is 0 Å². The van der Waals surface area contributed by atoms with Crippen LogP contribution in [0.2, 0.25) is 0 Å². The number of carbonyl (C=O) groups is 1. The molecule has 164 valence electrons. The third-order valence-electron chi connectivity index (χ3n) is 6.22. The summed E-state index contributed by atoms with van der Waals surface area (Å²) < 4.78 is 6.11. The lowest BCUT2D eigenvalue weighted by Gasteiger charge is -2.22. The Hall–Kier alpha value is -2.82. The highest BCUT2D eigenvalue weighted by Crippen LogP contribution is 2.35. The minimum Gasteiger partial charge on any atom is -0.438 e. The van der Waals surface area contributed by atoms with Crippen molar-refractivity contribution in [3.8, 4) is 11.1 Å². The van der Waals surface area contributed by atoms with E-state index in [1.54, 1.807) is 0 Å². The largest absolute Gasteiger partial charge is 0.438 e. The second-order valence-corrected chi connectivity index (χ2v) is 8.73. The summed E-state index contributed by atoms with van der Waals surface area (Å²) in [6, 6.07) is 14.6. The molecule has 5 heteroatoms. The lowest BCUT2D eigenvalue weighted by Crippen LogP contribution is -2.30. The number of benzene rings is 2. The number of rotatable bonds is 8. The summed E-state index contributed by atoms with van der Waals surface area (Å²) in [4.78, 5) is 21.7. The number of unbranched alkanes of at least 4 members (excludes halogenated alkanes) is 3. The quantitative estimate of drug-likeness (QED) is 0.408. The van der Waals surface area contributed by atoms with Crippen LogP contribution in [0.15, 0.2) is 46.9 Å². The van der Waals surface area contributed by atoms with E-state index >= 15 is 0 Å². The van der Waals surface area contributed by atoms with Gasteiger partial charge in [0.15, 0.2) is 5.58 Å². The molecule has 0 saturated carbocycles. The van der Waals surface area contributed by atoms with E-state index in [9.17, 15) is 4.79 Å². The molecule has 1 atom stereocenters. The molecular weight excluding hydrogens is 386 g/mol. The number of anilines is 1. The third kappa shape index (κ3) is 4.76. The molecule has 1 amide bonds. The molecule has 3 aromatic rings. The van der Waals surface area contributed by atoms with Crippen LogP contribution in [0.1, 0.15) is 63.8 Å². The predicted molar refractivity (Wildman–Crippen MR) is 126 cm³/mol. The summed E-state index contributed by atoms with van der Waals surface area (Å²) >= 11 is 0. The molecule has 2 aromatic carbocycles. The Morgan fingerprint density at radius 3 is 2.61 bits per heavy atom. The molecule has 4 rings (SSSR count). The van der Waals surface area contributed by atoms with Crippen LogP contribution in [0.4, 0.5) is 5.69 Å². The zero-order chi connectivity index (χ0) is 21.8. The van der Waals surface area contributed by atoms with E-state index < -0.39 is 0 Å². The monoisotopic (exact) mass is 419 g/mol. The number of amides is 1. The van der Waals surface area contributed by atoms with Crippen molar-refractivity contribution in [2.45, 2.75) is 57.9 Å². The van der Waals surface area contributed by atoms with Crippen molar-refractivity contribution < 1.29 is 9.21 Å². The highest BCUT2D eigenvalue weighted by molar-refractivity contribution is 5.81. The lowest BCUT2D eigenvalue weighted by molar-refractivity contribution is -0.132. The van der Waals surface area contributed by atoms with Gasteiger partial charge < -0.3 is 14.2 Å². The molecule has 1 saturated heterocycles. The number of oxazole rings is 1. The highest BCUT2D eigenvalue weighted by atomic mass is 16.3. The highest BCUT2D eigenvalue weighted by Gasteiger charge is 2.33. The Kier molecular flexibility index (Phi) is 6.59. The van der Waals surface area contributed by atoms with Crippen LogP contribution in [-0.4, -0.2) is 36.4 Å². The van der Waals surface area contributed by atoms with Crippen LogP contribution in [0.25, 0.3) is 22.2 Å². The zero-order valence-electron chi connectivity index (χ0n) is 18.9. The first kappa shape index (κ1) is 21.4. The standard InChI is InChI=1S/C26H33N3O2/c1-4-5-6-7-10-25(30)29-17-8-9-23(29)26-27-22-18-20(13-16-24(22)31-26)19-11-14-21(15-12-19)28(2)3/h11-16,18,23H,4-10,17H2,1-3H3/t23-/m0/s1. The van der Waals surface area contributed by atoms with Gasteiger partial charge in [-0.25, -0.2) is 4.98 Å².